The first-order chi connectivity index (χ1) is 13.0. The van der Waals surface area contributed by atoms with Gasteiger partial charge in [0.2, 0.25) is 5.91 Å². The highest BCUT2D eigenvalue weighted by molar-refractivity contribution is 8.00. The molecule has 0 saturated carbocycles. The number of aromatic nitrogens is 1. The Hall–Kier alpha value is -2.11. The van der Waals surface area contributed by atoms with Crippen LogP contribution in [0.15, 0.2) is 52.2 Å². The van der Waals surface area contributed by atoms with Gasteiger partial charge in [-0.1, -0.05) is 54.6 Å². The lowest BCUT2D eigenvalue weighted by molar-refractivity contribution is -0.115. The number of aryl methyl sites for hydroxylation is 3. The van der Waals surface area contributed by atoms with E-state index >= 15 is 0 Å². The highest BCUT2D eigenvalue weighted by Gasteiger charge is 2.09. The lowest BCUT2D eigenvalue weighted by atomic mass is 10.1. The van der Waals surface area contributed by atoms with Gasteiger partial charge in [-0.3, -0.25) is 4.79 Å². The van der Waals surface area contributed by atoms with Crippen LogP contribution in [0, 0.1) is 13.8 Å². The monoisotopic (exact) mass is 396 g/mol. The summed E-state index contributed by atoms with van der Waals surface area (Å²) in [5, 5.41) is 4.92. The maximum Gasteiger partial charge on any atom is 0.230 e. The van der Waals surface area contributed by atoms with Gasteiger partial charge < -0.3 is 5.32 Å². The first-order valence-electron chi connectivity index (χ1n) is 9.05. The van der Waals surface area contributed by atoms with Crippen molar-refractivity contribution < 1.29 is 4.79 Å². The van der Waals surface area contributed by atoms with Crippen LogP contribution in [-0.2, 0) is 23.4 Å². The second kappa shape index (κ2) is 9.20. The SMILES string of the molecule is CCc1ccc(NC(=O)Cc2csc(SCc3cc(C)ccc3C)n2)cc1. The first-order valence-corrected chi connectivity index (χ1v) is 10.9. The van der Waals surface area contributed by atoms with Gasteiger partial charge >= 0.3 is 0 Å². The van der Waals surface area contributed by atoms with E-state index in [4.69, 9.17) is 0 Å². The van der Waals surface area contributed by atoms with E-state index in [1.54, 1.807) is 23.1 Å². The van der Waals surface area contributed by atoms with E-state index < -0.39 is 0 Å². The Bertz CT molecular complexity index is 916. The Morgan fingerprint density at radius 2 is 1.93 bits per heavy atom. The highest BCUT2D eigenvalue weighted by atomic mass is 32.2. The second-order valence-corrected chi connectivity index (χ2v) is 8.68. The second-order valence-electron chi connectivity index (χ2n) is 6.60. The summed E-state index contributed by atoms with van der Waals surface area (Å²) in [6.07, 6.45) is 1.30. The average molecular weight is 397 g/mol. The van der Waals surface area contributed by atoms with Gasteiger partial charge in [0.15, 0.2) is 0 Å². The number of nitrogens with one attached hydrogen (secondary N) is 1. The van der Waals surface area contributed by atoms with Crippen molar-refractivity contribution in [1.82, 2.24) is 4.98 Å². The molecule has 0 atom stereocenters. The number of hydrogen-bond acceptors (Lipinski definition) is 4. The summed E-state index contributed by atoms with van der Waals surface area (Å²) in [5.41, 5.74) is 6.84. The van der Waals surface area contributed by atoms with Gasteiger partial charge in [-0.2, -0.15) is 0 Å². The van der Waals surface area contributed by atoms with Gasteiger partial charge in [0.25, 0.3) is 0 Å². The summed E-state index contributed by atoms with van der Waals surface area (Å²) in [6.45, 7) is 6.37. The summed E-state index contributed by atoms with van der Waals surface area (Å²) in [7, 11) is 0. The molecule has 1 aromatic heterocycles. The molecular formula is C22H24N2OS2. The fraction of sp³-hybridized carbons (Fsp3) is 0.273. The van der Waals surface area contributed by atoms with Gasteiger partial charge in [-0.15, -0.1) is 11.3 Å². The van der Waals surface area contributed by atoms with Crippen LogP contribution in [0.25, 0.3) is 0 Å². The molecule has 3 rings (SSSR count). The van der Waals surface area contributed by atoms with Crippen LogP contribution < -0.4 is 5.32 Å². The van der Waals surface area contributed by atoms with Crippen LogP contribution in [0.1, 0.15) is 34.9 Å². The molecule has 0 unspecified atom stereocenters. The number of rotatable bonds is 7. The molecule has 2 aromatic carbocycles. The zero-order valence-electron chi connectivity index (χ0n) is 15.9. The largest absolute Gasteiger partial charge is 0.326 e. The Morgan fingerprint density at radius 3 is 2.67 bits per heavy atom. The Morgan fingerprint density at radius 1 is 1.15 bits per heavy atom. The molecular weight excluding hydrogens is 372 g/mol. The van der Waals surface area contributed by atoms with Gasteiger partial charge in [-0.05, 0) is 49.1 Å². The lowest BCUT2D eigenvalue weighted by Gasteiger charge is -2.05. The Labute approximate surface area is 169 Å². The number of thiazole rings is 1. The summed E-state index contributed by atoms with van der Waals surface area (Å²) in [6, 6.07) is 14.5. The van der Waals surface area contributed by atoms with E-state index in [0.29, 0.717) is 6.42 Å². The van der Waals surface area contributed by atoms with Crippen LogP contribution in [0.2, 0.25) is 0 Å². The number of hydrogen-bond donors (Lipinski definition) is 1. The molecule has 0 saturated heterocycles. The predicted octanol–water partition coefficient (Wildman–Crippen LogP) is 5.80. The van der Waals surface area contributed by atoms with Crippen LogP contribution >= 0.6 is 23.1 Å². The molecule has 1 heterocycles. The number of amides is 1. The van der Waals surface area contributed by atoms with E-state index in [1.807, 2.05) is 29.6 Å². The molecule has 5 heteroatoms. The molecule has 140 valence electrons. The molecule has 3 nitrogen and oxygen atoms in total. The standard InChI is InChI=1S/C22H24N2OS2/c1-4-17-7-9-19(10-8-17)23-21(25)12-20-14-27-22(24-20)26-13-18-11-15(2)5-6-16(18)3/h5-11,14H,4,12-13H2,1-3H3,(H,23,25). The van der Waals surface area contributed by atoms with Gasteiger partial charge in [-0.25, -0.2) is 4.98 Å². The third kappa shape index (κ3) is 5.68. The van der Waals surface area contributed by atoms with Gasteiger partial charge in [0.1, 0.15) is 4.34 Å². The summed E-state index contributed by atoms with van der Waals surface area (Å²) < 4.78 is 1.01. The maximum atomic E-state index is 12.3. The van der Waals surface area contributed by atoms with E-state index in [1.165, 1.54) is 22.3 Å². The maximum absolute atomic E-state index is 12.3. The fourth-order valence-corrected chi connectivity index (χ4v) is 4.63. The number of carbonyl (C=O) groups is 1. The minimum Gasteiger partial charge on any atom is -0.326 e. The molecule has 1 amide bonds. The van der Waals surface area contributed by atoms with Gasteiger partial charge in [0.05, 0.1) is 12.1 Å². The van der Waals surface area contributed by atoms with Crippen LogP contribution in [0.4, 0.5) is 5.69 Å². The topological polar surface area (TPSA) is 42.0 Å². The fourth-order valence-electron chi connectivity index (χ4n) is 2.72. The first kappa shape index (κ1) is 19.6. The average Bonchev–Trinajstić information content (AvgIpc) is 3.10. The van der Waals surface area contributed by atoms with Crippen molar-refractivity contribution in [3.63, 3.8) is 0 Å². The minimum atomic E-state index is -0.0318. The molecule has 0 aliphatic heterocycles. The van der Waals surface area contributed by atoms with Crippen molar-refractivity contribution in [2.45, 2.75) is 43.7 Å². The third-order valence-electron chi connectivity index (χ3n) is 4.37. The van der Waals surface area contributed by atoms with E-state index in [-0.39, 0.29) is 5.91 Å². The Balaban J connectivity index is 1.53. The Kier molecular flexibility index (Phi) is 6.69. The van der Waals surface area contributed by atoms with E-state index in [2.05, 4.69) is 49.3 Å². The van der Waals surface area contributed by atoms with Crippen LogP contribution in [0.3, 0.4) is 0 Å². The highest BCUT2D eigenvalue weighted by Crippen LogP contribution is 2.28. The van der Waals surface area contributed by atoms with Crippen molar-refractivity contribution in [1.29, 1.82) is 0 Å². The van der Waals surface area contributed by atoms with Crippen molar-refractivity contribution >= 4 is 34.7 Å². The number of nitrogens with zero attached hydrogens (tertiary/aromatic N) is 1. The molecule has 0 aliphatic carbocycles. The molecule has 0 aliphatic rings. The van der Waals surface area contributed by atoms with E-state index in [0.717, 1.165) is 27.9 Å². The minimum absolute atomic E-state index is 0.0318. The predicted molar refractivity (Wildman–Crippen MR) is 116 cm³/mol. The van der Waals surface area contributed by atoms with Crippen LogP contribution in [-0.4, -0.2) is 10.9 Å². The zero-order valence-corrected chi connectivity index (χ0v) is 17.5. The normalized spacial score (nSPS) is 10.8. The molecule has 0 spiro atoms. The molecule has 3 aromatic rings. The van der Waals surface area contributed by atoms with Crippen LogP contribution in [0.5, 0.6) is 0 Å². The number of carbonyl (C=O) groups excluding carboxylic acids is 1. The summed E-state index contributed by atoms with van der Waals surface area (Å²) >= 11 is 3.33. The molecule has 0 bridgehead atoms. The van der Waals surface area contributed by atoms with Crippen molar-refractivity contribution in [2.75, 3.05) is 5.32 Å². The van der Waals surface area contributed by atoms with E-state index in [9.17, 15) is 4.79 Å². The molecule has 0 radical (unpaired) electrons. The lowest BCUT2D eigenvalue weighted by Crippen LogP contribution is -2.14. The van der Waals surface area contributed by atoms with Crippen molar-refractivity contribution in [2.24, 2.45) is 0 Å². The zero-order chi connectivity index (χ0) is 19.2. The van der Waals surface area contributed by atoms with Crippen molar-refractivity contribution in [3.8, 4) is 0 Å². The number of thioether (sulfide) groups is 1. The molecule has 0 fully saturated rings. The number of anilines is 1. The quantitative estimate of drug-likeness (QED) is 0.514. The summed E-state index contributed by atoms with van der Waals surface area (Å²) in [4.78, 5) is 16.9. The molecule has 27 heavy (non-hydrogen) atoms. The third-order valence-corrected chi connectivity index (χ3v) is 6.49. The summed E-state index contributed by atoms with van der Waals surface area (Å²) in [5.74, 6) is 0.867. The van der Waals surface area contributed by atoms with Crippen molar-refractivity contribution in [3.05, 3.63) is 75.8 Å². The number of benzene rings is 2. The smallest absolute Gasteiger partial charge is 0.230 e. The van der Waals surface area contributed by atoms with Gasteiger partial charge in [0, 0.05) is 16.8 Å². The molecule has 1 N–H and O–H groups in total.